The number of aliphatic hydroxyl groups is 1. The molecule has 2 heterocycles. The summed E-state index contributed by atoms with van der Waals surface area (Å²) >= 11 is 0. The summed E-state index contributed by atoms with van der Waals surface area (Å²) in [4.78, 5) is 14.6. The van der Waals surface area contributed by atoms with E-state index in [1.54, 1.807) is 0 Å². The Labute approximate surface area is 125 Å². The summed E-state index contributed by atoms with van der Waals surface area (Å²) in [5.74, 6) is 1.39. The van der Waals surface area contributed by atoms with E-state index in [1.165, 1.54) is 11.3 Å². The van der Waals surface area contributed by atoms with Gasteiger partial charge >= 0.3 is 0 Å². The Kier molecular flexibility index (Phi) is 3.14. The highest BCUT2D eigenvalue weighted by Crippen LogP contribution is 2.39. The van der Waals surface area contributed by atoms with Crippen molar-refractivity contribution in [3.8, 4) is 0 Å². The fourth-order valence-electron chi connectivity index (χ4n) is 4.32. The van der Waals surface area contributed by atoms with E-state index >= 15 is 0 Å². The summed E-state index contributed by atoms with van der Waals surface area (Å²) < 4.78 is 0. The van der Waals surface area contributed by atoms with Crippen molar-refractivity contribution in [1.82, 2.24) is 4.90 Å². The minimum absolute atomic E-state index is 0.193. The van der Waals surface area contributed by atoms with Crippen LogP contribution in [0.25, 0.3) is 0 Å². The van der Waals surface area contributed by atoms with Crippen molar-refractivity contribution in [3.63, 3.8) is 0 Å². The van der Waals surface area contributed by atoms with Crippen molar-refractivity contribution in [2.45, 2.75) is 31.3 Å². The molecule has 2 aliphatic heterocycles. The first-order valence-corrected chi connectivity index (χ1v) is 8.01. The van der Waals surface area contributed by atoms with E-state index in [0.29, 0.717) is 24.2 Å². The van der Waals surface area contributed by atoms with Crippen LogP contribution in [0.15, 0.2) is 24.3 Å². The average Bonchev–Trinajstić information content (AvgIpc) is 3.16. The molecule has 4 heteroatoms. The molecule has 0 aromatic heterocycles. The van der Waals surface area contributed by atoms with Gasteiger partial charge in [0.25, 0.3) is 0 Å². The standard InChI is InChI=1S/C17H22N2O2/c20-16-6-5-11-9-19(10-14(11)16)17(21)7-12-8-18-15-4-2-1-3-13(12)15/h1-4,11-12,14,16,18,20H,5-10H2. The van der Waals surface area contributed by atoms with Crippen molar-refractivity contribution in [3.05, 3.63) is 29.8 Å². The van der Waals surface area contributed by atoms with Crippen molar-refractivity contribution in [1.29, 1.82) is 0 Å². The zero-order chi connectivity index (χ0) is 14.4. The maximum atomic E-state index is 12.6. The summed E-state index contributed by atoms with van der Waals surface area (Å²) in [6, 6.07) is 8.27. The third kappa shape index (κ3) is 2.22. The van der Waals surface area contributed by atoms with Crippen LogP contribution >= 0.6 is 0 Å². The molecule has 4 nitrogen and oxygen atoms in total. The first-order chi connectivity index (χ1) is 10.2. The number of rotatable bonds is 2. The quantitative estimate of drug-likeness (QED) is 0.872. The number of benzene rings is 1. The van der Waals surface area contributed by atoms with Crippen LogP contribution in [0.3, 0.4) is 0 Å². The van der Waals surface area contributed by atoms with E-state index in [9.17, 15) is 9.90 Å². The van der Waals surface area contributed by atoms with Gasteiger partial charge in [-0.1, -0.05) is 18.2 Å². The largest absolute Gasteiger partial charge is 0.393 e. The molecule has 112 valence electrons. The number of fused-ring (bicyclic) bond motifs is 2. The number of nitrogens with one attached hydrogen (secondary N) is 1. The number of hydrogen-bond acceptors (Lipinski definition) is 3. The van der Waals surface area contributed by atoms with Gasteiger partial charge in [-0.2, -0.15) is 0 Å². The molecule has 0 bridgehead atoms. The topological polar surface area (TPSA) is 52.6 Å². The molecule has 1 saturated carbocycles. The van der Waals surface area contributed by atoms with Crippen LogP contribution < -0.4 is 5.32 Å². The Morgan fingerprint density at radius 3 is 3.00 bits per heavy atom. The zero-order valence-corrected chi connectivity index (χ0v) is 12.2. The predicted octanol–water partition coefficient (Wildman–Crippen LogP) is 1.82. The van der Waals surface area contributed by atoms with E-state index in [4.69, 9.17) is 0 Å². The fourth-order valence-corrected chi connectivity index (χ4v) is 4.32. The normalized spacial score (nSPS) is 33.7. The molecule has 4 unspecified atom stereocenters. The molecule has 1 saturated heterocycles. The van der Waals surface area contributed by atoms with E-state index < -0.39 is 0 Å². The van der Waals surface area contributed by atoms with Crippen LogP contribution in [0, 0.1) is 11.8 Å². The molecule has 4 rings (SSSR count). The molecule has 1 aromatic rings. The second-order valence-electron chi connectivity index (χ2n) is 6.74. The lowest BCUT2D eigenvalue weighted by molar-refractivity contribution is -0.130. The van der Waals surface area contributed by atoms with Crippen LogP contribution in [0.2, 0.25) is 0 Å². The van der Waals surface area contributed by atoms with E-state index in [2.05, 4.69) is 17.4 Å². The Morgan fingerprint density at radius 1 is 1.29 bits per heavy atom. The molecule has 3 aliphatic rings. The maximum Gasteiger partial charge on any atom is 0.223 e. The van der Waals surface area contributed by atoms with Gasteiger partial charge in [0.2, 0.25) is 5.91 Å². The van der Waals surface area contributed by atoms with Gasteiger partial charge in [0.05, 0.1) is 6.10 Å². The minimum Gasteiger partial charge on any atom is -0.393 e. The highest BCUT2D eigenvalue weighted by molar-refractivity contribution is 5.78. The number of amides is 1. The van der Waals surface area contributed by atoms with Crippen molar-refractivity contribution in [2.75, 3.05) is 25.0 Å². The van der Waals surface area contributed by atoms with Crippen LogP contribution in [0.4, 0.5) is 5.69 Å². The Balaban J connectivity index is 1.41. The minimum atomic E-state index is -0.193. The number of anilines is 1. The van der Waals surface area contributed by atoms with Crippen LogP contribution in [0.1, 0.15) is 30.7 Å². The average molecular weight is 286 g/mol. The van der Waals surface area contributed by atoms with Crippen molar-refractivity contribution >= 4 is 11.6 Å². The Hall–Kier alpha value is -1.55. The smallest absolute Gasteiger partial charge is 0.223 e. The fraction of sp³-hybridized carbons (Fsp3) is 0.588. The van der Waals surface area contributed by atoms with Crippen molar-refractivity contribution in [2.24, 2.45) is 11.8 Å². The number of aliphatic hydroxyl groups excluding tert-OH is 1. The molecule has 1 amide bonds. The van der Waals surface area contributed by atoms with Gasteiger partial charge in [0.15, 0.2) is 0 Å². The Bertz CT molecular complexity index is 559. The molecule has 1 aliphatic carbocycles. The summed E-state index contributed by atoms with van der Waals surface area (Å²) in [6.45, 7) is 2.46. The van der Waals surface area contributed by atoms with Gasteiger partial charge in [-0.25, -0.2) is 0 Å². The van der Waals surface area contributed by atoms with Crippen molar-refractivity contribution < 1.29 is 9.90 Å². The first kappa shape index (κ1) is 13.1. The molecule has 2 fully saturated rings. The van der Waals surface area contributed by atoms with Gasteiger partial charge in [-0.15, -0.1) is 0 Å². The summed E-state index contributed by atoms with van der Waals surface area (Å²) in [5.41, 5.74) is 2.44. The zero-order valence-electron chi connectivity index (χ0n) is 12.2. The number of nitrogens with zero attached hydrogens (tertiary/aromatic N) is 1. The maximum absolute atomic E-state index is 12.6. The predicted molar refractivity (Wildman–Crippen MR) is 81.1 cm³/mol. The summed E-state index contributed by atoms with van der Waals surface area (Å²) in [5, 5.41) is 13.3. The summed E-state index contributed by atoms with van der Waals surface area (Å²) in [6.07, 6.45) is 2.38. The second-order valence-corrected chi connectivity index (χ2v) is 6.74. The number of hydrogen-bond donors (Lipinski definition) is 2. The van der Waals surface area contributed by atoms with Crippen LogP contribution in [-0.4, -0.2) is 41.7 Å². The summed E-state index contributed by atoms with van der Waals surface area (Å²) in [7, 11) is 0. The molecule has 2 N–H and O–H groups in total. The molecule has 4 atom stereocenters. The van der Waals surface area contributed by atoms with Gasteiger partial charge in [0.1, 0.15) is 0 Å². The lowest BCUT2D eigenvalue weighted by Crippen LogP contribution is -2.32. The number of carbonyl (C=O) groups excluding carboxylic acids is 1. The first-order valence-electron chi connectivity index (χ1n) is 8.01. The van der Waals surface area contributed by atoms with Gasteiger partial charge in [-0.05, 0) is 30.4 Å². The van der Waals surface area contributed by atoms with E-state index in [-0.39, 0.29) is 12.0 Å². The lowest BCUT2D eigenvalue weighted by Gasteiger charge is -2.20. The highest BCUT2D eigenvalue weighted by atomic mass is 16.3. The van der Waals surface area contributed by atoms with Gasteiger partial charge < -0.3 is 15.3 Å². The molecular formula is C17H22N2O2. The number of likely N-dealkylation sites (tertiary alicyclic amines) is 1. The number of para-hydroxylation sites is 1. The molecule has 0 spiro atoms. The van der Waals surface area contributed by atoms with E-state index in [1.807, 2.05) is 17.0 Å². The van der Waals surface area contributed by atoms with Gasteiger partial charge in [0, 0.05) is 43.6 Å². The lowest BCUT2D eigenvalue weighted by atomic mass is 9.97. The molecule has 1 aromatic carbocycles. The Morgan fingerprint density at radius 2 is 2.14 bits per heavy atom. The van der Waals surface area contributed by atoms with Crippen LogP contribution in [-0.2, 0) is 4.79 Å². The molecule has 0 radical (unpaired) electrons. The third-order valence-electron chi connectivity index (χ3n) is 5.53. The molecular weight excluding hydrogens is 264 g/mol. The SMILES string of the molecule is O=C(CC1CNc2ccccc21)N1CC2CCC(O)C2C1. The second kappa shape index (κ2) is 5.02. The monoisotopic (exact) mass is 286 g/mol. The molecule has 21 heavy (non-hydrogen) atoms. The number of carbonyl (C=O) groups is 1. The van der Waals surface area contributed by atoms with Crippen LogP contribution in [0.5, 0.6) is 0 Å². The highest BCUT2D eigenvalue weighted by Gasteiger charge is 2.43. The van der Waals surface area contributed by atoms with E-state index in [0.717, 1.165) is 32.5 Å². The third-order valence-corrected chi connectivity index (χ3v) is 5.53. The van der Waals surface area contributed by atoms with Gasteiger partial charge in [-0.3, -0.25) is 4.79 Å².